The van der Waals surface area contributed by atoms with Crippen LogP contribution in [0.25, 0.3) is 0 Å². The zero-order chi connectivity index (χ0) is 16.1. The Morgan fingerprint density at radius 2 is 1.90 bits per heavy atom. The highest BCUT2D eigenvalue weighted by molar-refractivity contribution is 5.80. The lowest BCUT2D eigenvalue weighted by Crippen LogP contribution is -2.42. The molecule has 0 aliphatic heterocycles. The highest BCUT2D eigenvalue weighted by Crippen LogP contribution is 2.21. The topological polar surface area (TPSA) is 54.9 Å². The highest BCUT2D eigenvalue weighted by Gasteiger charge is 2.13. The number of ether oxygens (including phenoxy) is 2. The minimum Gasteiger partial charge on any atom is -0.382 e. The van der Waals surface area contributed by atoms with Crippen LogP contribution in [0.5, 0.6) is 0 Å². The number of nitrogens with one attached hydrogen (secondary N) is 2. The van der Waals surface area contributed by atoms with E-state index in [4.69, 9.17) is 9.47 Å². The van der Waals surface area contributed by atoms with Gasteiger partial charge in [-0.1, -0.05) is 20.8 Å². The first-order valence-corrected chi connectivity index (χ1v) is 8.00. The normalized spacial score (nSPS) is 14.1. The molecule has 1 atom stereocenters. The standard InChI is InChI=1S/C16H35N3O2/c1-7-17-15(18-10-11-21-13-12-20-6)19-14(2)8-9-16(3,4)5/h14H,7-13H2,1-6H3,(H2,17,18,19). The summed E-state index contributed by atoms with van der Waals surface area (Å²) in [5.74, 6) is 0.870. The maximum atomic E-state index is 5.41. The SMILES string of the molecule is CCNC(=NCCOCCOC)NC(C)CCC(C)(C)C. The average molecular weight is 301 g/mol. The van der Waals surface area contributed by atoms with Gasteiger partial charge in [-0.3, -0.25) is 4.99 Å². The van der Waals surface area contributed by atoms with Crippen LogP contribution in [0.2, 0.25) is 0 Å². The summed E-state index contributed by atoms with van der Waals surface area (Å²) in [4.78, 5) is 4.52. The summed E-state index contributed by atoms with van der Waals surface area (Å²) in [6.45, 7) is 14.5. The first-order valence-electron chi connectivity index (χ1n) is 8.00. The molecular formula is C16H35N3O2. The minimum absolute atomic E-state index is 0.376. The number of hydrogen-bond donors (Lipinski definition) is 2. The molecular weight excluding hydrogens is 266 g/mol. The number of guanidine groups is 1. The van der Waals surface area contributed by atoms with E-state index in [1.807, 2.05) is 0 Å². The number of hydrogen-bond acceptors (Lipinski definition) is 3. The van der Waals surface area contributed by atoms with Crippen molar-refractivity contribution in [2.24, 2.45) is 10.4 Å². The zero-order valence-corrected chi connectivity index (χ0v) is 14.8. The van der Waals surface area contributed by atoms with Gasteiger partial charge in [-0.15, -0.1) is 0 Å². The average Bonchev–Trinajstić information content (AvgIpc) is 2.40. The second kappa shape index (κ2) is 11.8. The van der Waals surface area contributed by atoms with Gasteiger partial charge in [0.2, 0.25) is 0 Å². The van der Waals surface area contributed by atoms with Gasteiger partial charge in [0.15, 0.2) is 5.96 Å². The van der Waals surface area contributed by atoms with E-state index in [-0.39, 0.29) is 0 Å². The van der Waals surface area contributed by atoms with Crippen molar-refractivity contribution < 1.29 is 9.47 Å². The molecule has 0 aliphatic rings. The van der Waals surface area contributed by atoms with Gasteiger partial charge >= 0.3 is 0 Å². The van der Waals surface area contributed by atoms with Crippen molar-refractivity contribution in [3.63, 3.8) is 0 Å². The second-order valence-electron chi connectivity index (χ2n) is 6.51. The fraction of sp³-hybridized carbons (Fsp3) is 0.938. The summed E-state index contributed by atoms with van der Waals surface area (Å²) in [6.07, 6.45) is 2.33. The first kappa shape index (κ1) is 20.2. The monoisotopic (exact) mass is 301 g/mol. The number of aliphatic imine (C=N–C) groups is 1. The number of rotatable bonds is 10. The lowest BCUT2D eigenvalue weighted by atomic mass is 9.89. The smallest absolute Gasteiger partial charge is 0.191 e. The van der Waals surface area contributed by atoms with E-state index in [2.05, 4.69) is 50.2 Å². The summed E-state index contributed by atoms with van der Waals surface area (Å²) in [5.41, 5.74) is 0.376. The summed E-state index contributed by atoms with van der Waals surface area (Å²) >= 11 is 0. The van der Waals surface area contributed by atoms with Crippen molar-refractivity contribution in [1.29, 1.82) is 0 Å². The van der Waals surface area contributed by atoms with Crippen LogP contribution in [0.1, 0.15) is 47.5 Å². The van der Waals surface area contributed by atoms with Gasteiger partial charge in [0.25, 0.3) is 0 Å². The molecule has 5 nitrogen and oxygen atoms in total. The molecule has 0 heterocycles. The molecule has 0 aromatic carbocycles. The van der Waals surface area contributed by atoms with Gasteiger partial charge in [0.05, 0.1) is 26.4 Å². The fourth-order valence-corrected chi connectivity index (χ4v) is 1.74. The molecule has 21 heavy (non-hydrogen) atoms. The van der Waals surface area contributed by atoms with Crippen molar-refractivity contribution in [1.82, 2.24) is 10.6 Å². The molecule has 1 unspecified atom stereocenters. The van der Waals surface area contributed by atoms with E-state index in [1.165, 1.54) is 6.42 Å². The van der Waals surface area contributed by atoms with E-state index in [9.17, 15) is 0 Å². The van der Waals surface area contributed by atoms with Crippen molar-refractivity contribution in [3.8, 4) is 0 Å². The molecule has 126 valence electrons. The molecule has 0 saturated heterocycles. The predicted molar refractivity (Wildman–Crippen MR) is 90.0 cm³/mol. The Labute approximate surface area is 130 Å². The summed E-state index contributed by atoms with van der Waals surface area (Å²) in [6, 6.07) is 0.413. The van der Waals surface area contributed by atoms with Crippen molar-refractivity contribution in [2.75, 3.05) is 40.0 Å². The van der Waals surface area contributed by atoms with Crippen LogP contribution in [-0.4, -0.2) is 52.0 Å². The van der Waals surface area contributed by atoms with Crippen LogP contribution < -0.4 is 10.6 Å². The highest BCUT2D eigenvalue weighted by atomic mass is 16.5. The molecule has 0 aromatic heterocycles. The fourth-order valence-electron chi connectivity index (χ4n) is 1.74. The van der Waals surface area contributed by atoms with E-state index in [0.29, 0.717) is 37.8 Å². The van der Waals surface area contributed by atoms with Crippen LogP contribution in [0.3, 0.4) is 0 Å². The van der Waals surface area contributed by atoms with E-state index >= 15 is 0 Å². The Morgan fingerprint density at radius 1 is 1.19 bits per heavy atom. The summed E-state index contributed by atoms with van der Waals surface area (Å²) in [5, 5.41) is 6.72. The van der Waals surface area contributed by atoms with E-state index in [1.54, 1.807) is 7.11 Å². The molecule has 0 amide bonds. The Bertz CT molecular complexity index is 275. The van der Waals surface area contributed by atoms with Gasteiger partial charge in [0, 0.05) is 19.7 Å². The Balaban J connectivity index is 4.03. The summed E-state index contributed by atoms with van der Waals surface area (Å²) < 4.78 is 10.3. The van der Waals surface area contributed by atoms with E-state index in [0.717, 1.165) is 18.9 Å². The third-order valence-corrected chi connectivity index (χ3v) is 2.99. The van der Waals surface area contributed by atoms with Crippen molar-refractivity contribution in [3.05, 3.63) is 0 Å². The molecule has 0 saturated carbocycles. The number of nitrogens with zero attached hydrogens (tertiary/aromatic N) is 1. The second-order valence-corrected chi connectivity index (χ2v) is 6.51. The van der Waals surface area contributed by atoms with Crippen molar-refractivity contribution >= 4 is 5.96 Å². The predicted octanol–water partition coefficient (Wildman–Crippen LogP) is 2.42. The number of methoxy groups -OCH3 is 1. The van der Waals surface area contributed by atoms with Gasteiger partial charge < -0.3 is 20.1 Å². The van der Waals surface area contributed by atoms with Crippen molar-refractivity contribution in [2.45, 2.75) is 53.5 Å². The molecule has 0 radical (unpaired) electrons. The van der Waals surface area contributed by atoms with Gasteiger partial charge in [-0.05, 0) is 32.1 Å². The Kier molecular flexibility index (Phi) is 11.4. The van der Waals surface area contributed by atoms with Crippen LogP contribution in [0.4, 0.5) is 0 Å². The lowest BCUT2D eigenvalue weighted by molar-refractivity contribution is 0.0748. The summed E-state index contributed by atoms with van der Waals surface area (Å²) in [7, 11) is 1.67. The zero-order valence-electron chi connectivity index (χ0n) is 14.8. The van der Waals surface area contributed by atoms with Crippen LogP contribution >= 0.6 is 0 Å². The van der Waals surface area contributed by atoms with Gasteiger partial charge in [0.1, 0.15) is 0 Å². The molecule has 5 heteroatoms. The lowest BCUT2D eigenvalue weighted by Gasteiger charge is -2.23. The van der Waals surface area contributed by atoms with Gasteiger partial charge in [-0.2, -0.15) is 0 Å². The molecule has 0 aliphatic carbocycles. The van der Waals surface area contributed by atoms with E-state index < -0.39 is 0 Å². The van der Waals surface area contributed by atoms with Gasteiger partial charge in [-0.25, -0.2) is 0 Å². The third-order valence-electron chi connectivity index (χ3n) is 2.99. The molecule has 0 aromatic rings. The first-order chi connectivity index (χ1) is 9.89. The maximum Gasteiger partial charge on any atom is 0.191 e. The Morgan fingerprint density at radius 3 is 2.48 bits per heavy atom. The van der Waals surface area contributed by atoms with Crippen LogP contribution in [0, 0.1) is 5.41 Å². The molecule has 0 fully saturated rings. The minimum atomic E-state index is 0.376. The largest absolute Gasteiger partial charge is 0.382 e. The molecule has 0 rings (SSSR count). The Hall–Kier alpha value is -0.810. The molecule has 0 bridgehead atoms. The van der Waals surface area contributed by atoms with Crippen LogP contribution in [-0.2, 0) is 9.47 Å². The third kappa shape index (κ3) is 13.9. The molecule has 2 N–H and O–H groups in total. The molecule has 0 spiro atoms. The van der Waals surface area contributed by atoms with Crippen LogP contribution in [0.15, 0.2) is 4.99 Å². The maximum absolute atomic E-state index is 5.41. The quantitative estimate of drug-likeness (QED) is 0.370.